The minimum absolute atomic E-state index is 0.111. The number of nitriles is 1. The van der Waals surface area contributed by atoms with Crippen LogP contribution in [0, 0.1) is 11.3 Å². The van der Waals surface area contributed by atoms with Crippen molar-refractivity contribution in [2.45, 2.75) is 20.3 Å². The molecule has 0 aliphatic rings. The monoisotopic (exact) mass is 433 g/mol. The third-order valence-corrected chi connectivity index (χ3v) is 1.81. The molecule has 0 rings (SSSR count). The molecule has 0 heterocycles. The molecule has 0 bridgehead atoms. The lowest BCUT2D eigenvalue weighted by atomic mass is 10.2. The van der Waals surface area contributed by atoms with E-state index >= 15 is 0 Å². The highest BCUT2D eigenvalue weighted by Crippen LogP contribution is 2.01. The molecule has 0 aromatic rings. The third kappa shape index (κ3) is 38.6. The van der Waals surface area contributed by atoms with Gasteiger partial charge in [-0.05, 0) is 20.3 Å². The van der Waals surface area contributed by atoms with Gasteiger partial charge >= 0.3 is 17.9 Å². The fourth-order valence-electron chi connectivity index (χ4n) is 0.793. The number of allylic oxidation sites excluding steroid dienone is 2. The molecule has 0 aliphatic carbocycles. The second kappa shape index (κ2) is 24.2. The topological polar surface area (TPSA) is 114 Å². The molecule has 9 heteroatoms. The van der Waals surface area contributed by atoms with Gasteiger partial charge in [-0.3, -0.25) is 0 Å². The van der Waals surface area contributed by atoms with Crippen molar-refractivity contribution in [2.75, 3.05) is 13.7 Å². The number of carbonyl (C=O) groups excluding carboxylic acids is 2. The second-order valence-electron chi connectivity index (χ2n) is 4.21. The van der Waals surface area contributed by atoms with E-state index in [1.807, 2.05) is 0 Å². The molecule has 0 atom stereocenters. The van der Waals surface area contributed by atoms with E-state index in [0.717, 1.165) is 6.08 Å². The Morgan fingerprint density at radius 2 is 1.61 bits per heavy atom. The van der Waals surface area contributed by atoms with Crippen LogP contribution >= 0.6 is 23.2 Å². The molecule has 0 fully saturated rings. The summed E-state index contributed by atoms with van der Waals surface area (Å²) in [5, 5.41) is 15.7. The van der Waals surface area contributed by atoms with Gasteiger partial charge in [0.2, 0.25) is 0 Å². The molecular formula is C19H25Cl2NO6. The van der Waals surface area contributed by atoms with Crippen LogP contribution in [0.15, 0.2) is 60.2 Å². The van der Waals surface area contributed by atoms with Crippen LogP contribution in [0.4, 0.5) is 0 Å². The molecule has 156 valence electrons. The van der Waals surface area contributed by atoms with Crippen molar-refractivity contribution < 1.29 is 29.0 Å². The van der Waals surface area contributed by atoms with E-state index in [1.54, 1.807) is 19.9 Å². The van der Waals surface area contributed by atoms with Crippen LogP contribution in [0.25, 0.3) is 0 Å². The fourth-order valence-corrected chi connectivity index (χ4v) is 0.793. The highest BCUT2D eigenvalue weighted by Gasteiger charge is 2.04. The number of halogens is 2. The summed E-state index contributed by atoms with van der Waals surface area (Å²) in [6.45, 7) is 16.6. The van der Waals surface area contributed by atoms with E-state index in [0.29, 0.717) is 12.2 Å². The normalized spacial score (nSPS) is 8.00. The Balaban J connectivity index is -0.000000160. The lowest BCUT2D eigenvalue weighted by Gasteiger charge is -2.00. The average Bonchev–Trinajstić information content (AvgIpc) is 2.60. The van der Waals surface area contributed by atoms with E-state index in [1.165, 1.54) is 19.3 Å². The zero-order valence-corrected chi connectivity index (χ0v) is 17.7. The largest absolute Gasteiger partial charge is 0.478 e. The van der Waals surface area contributed by atoms with E-state index in [4.69, 9.17) is 33.6 Å². The van der Waals surface area contributed by atoms with Gasteiger partial charge < -0.3 is 14.6 Å². The molecule has 1 N–H and O–H groups in total. The predicted molar refractivity (Wildman–Crippen MR) is 111 cm³/mol. The predicted octanol–water partition coefficient (Wildman–Crippen LogP) is 4.50. The molecule has 0 unspecified atom stereocenters. The molecular weight excluding hydrogens is 409 g/mol. The lowest BCUT2D eigenvalue weighted by Crippen LogP contribution is -2.05. The lowest BCUT2D eigenvalue weighted by molar-refractivity contribution is -0.138. The molecule has 0 aromatic carbocycles. The molecule has 7 nitrogen and oxygen atoms in total. The van der Waals surface area contributed by atoms with Gasteiger partial charge in [-0.15, -0.1) is 0 Å². The Kier molecular flexibility index (Phi) is 28.3. The summed E-state index contributed by atoms with van der Waals surface area (Å²) in [7, 11) is 1.33. The summed E-state index contributed by atoms with van der Waals surface area (Å²) >= 11 is 9.69. The van der Waals surface area contributed by atoms with Crippen LogP contribution in [0.3, 0.4) is 0 Å². The minimum atomic E-state index is -1.04. The van der Waals surface area contributed by atoms with Gasteiger partial charge in [0.15, 0.2) is 0 Å². The van der Waals surface area contributed by atoms with Gasteiger partial charge in [-0.2, -0.15) is 5.26 Å². The van der Waals surface area contributed by atoms with Crippen molar-refractivity contribution in [2.24, 2.45) is 0 Å². The summed E-state index contributed by atoms with van der Waals surface area (Å²) in [4.78, 5) is 31.1. The SMILES string of the molecule is C=C(C)C(=O)OC.C=C(CC=CC(=O)O)C(=O)OCC.C=C(Cl)Cl.C=CC#N. The zero-order valence-electron chi connectivity index (χ0n) is 16.2. The first-order chi connectivity index (χ1) is 12.9. The Morgan fingerprint density at radius 1 is 1.18 bits per heavy atom. The van der Waals surface area contributed by atoms with Crippen LogP contribution < -0.4 is 0 Å². The smallest absolute Gasteiger partial charge is 0.333 e. The summed E-state index contributed by atoms with van der Waals surface area (Å²) < 4.78 is 9.03. The number of carboxylic acids is 1. The van der Waals surface area contributed by atoms with E-state index < -0.39 is 11.9 Å². The number of hydrogen-bond acceptors (Lipinski definition) is 6. The van der Waals surface area contributed by atoms with Crippen molar-refractivity contribution >= 4 is 41.1 Å². The van der Waals surface area contributed by atoms with Crippen LogP contribution in [0.1, 0.15) is 20.3 Å². The Hall–Kier alpha value is -2.82. The van der Waals surface area contributed by atoms with E-state index in [9.17, 15) is 14.4 Å². The van der Waals surface area contributed by atoms with Crippen LogP contribution in [0.5, 0.6) is 0 Å². The van der Waals surface area contributed by atoms with Gasteiger partial charge in [0, 0.05) is 23.3 Å². The summed E-state index contributed by atoms with van der Waals surface area (Å²) in [6.07, 6.45) is 3.69. The summed E-state index contributed by atoms with van der Waals surface area (Å²) in [5.74, 6) is -1.88. The number of carbonyl (C=O) groups is 3. The molecule has 28 heavy (non-hydrogen) atoms. The van der Waals surface area contributed by atoms with Crippen molar-refractivity contribution in [3.8, 4) is 6.07 Å². The van der Waals surface area contributed by atoms with Gasteiger partial charge in [0.05, 0.1) is 24.3 Å². The second-order valence-corrected chi connectivity index (χ2v) is 5.32. The van der Waals surface area contributed by atoms with E-state index in [2.05, 4.69) is 35.8 Å². The highest BCUT2D eigenvalue weighted by atomic mass is 35.5. The quantitative estimate of drug-likeness (QED) is 0.372. The number of rotatable bonds is 6. The van der Waals surface area contributed by atoms with Crippen molar-refractivity contribution in [3.05, 3.63) is 60.2 Å². The summed E-state index contributed by atoms with van der Waals surface area (Å²) in [6, 6.07) is 1.69. The van der Waals surface area contributed by atoms with Crippen molar-refractivity contribution in [3.63, 3.8) is 0 Å². The first-order valence-corrected chi connectivity index (χ1v) is 8.15. The highest BCUT2D eigenvalue weighted by molar-refractivity contribution is 6.55. The molecule has 0 aromatic heterocycles. The van der Waals surface area contributed by atoms with Crippen LogP contribution in [0.2, 0.25) is 0 Å². The first kappa shape index (κ1) is 32.8. The Labute approximate surface area is 175 Å². The molecule has 0 spiro atoms. The number of methoxy groups -OCH3 is 1. The number of ether oxygens (including phenoxy) is 2. The van der Waals surface area contributed by atoms with Gasteiger partial charge in [-0.1, -0.05) is 55.6 Å². The number of carboxylic acid groups (broad SMARTS) is 1. The van der Waals surface area contributed by atoms with Crippen LogP contribution in [-0.2, 0) is 23.9 Å². The van der Waals surface area contributed by atoms with Gasteiger partial charge in [0.25, 0.3) is 0 Å². The standard InChI is InChI=1S/C9H12O4.C5H8O2.C3H3N.C2H2Cl2/c1-3-13-9(12)7(2)5-4-6-8(10)11;1-4(2)5(6)7-3;1-2-3-4;1-2(3)4/h4,6H,2-3,5H2,1H3,(H,10,11);1H2,2-3H3;2H,1H2;1H2. The van der Waals surface area contributed by atoms with Crippen molar-refractivity contribution in [1.29, 1.82) is 5.26 Å². The number of aliphatic carboxylic acids is 1. The molecule has 0 saturated carbocycles. The third-order valence-electron chi connectivity index (χ3n) is 1.81. The minimum Gasteiger partial charge on any atom is -0.478 e. The van der Waals surface area contributed by atoms with E-state index in [-0.39, 0.29) is 22.5 Å². The first-order valence-electron chi connectivity index (χ1n) is 7.39. The summed E-state index contributed by atoms with van der Waals surface area (Å²) in [5.41, 5.74) is 0.682. The Morgan fingerprint density at radius 3 is 1.82 bits per heavy atom. The average molecular weight is 434 g/mol. The van der Waals surface area contributed by atoms with Gasteiger partial charge in [-0.25, -0.2) is 14.4 Å². The zero-order chi connectivity index (χ0) is 23.1. The Bertz CT molecular complexity index is 614. The number of hydrogen-bond donors (Lipinski definition) is 1. The maximum Gasteiger partial charge on any atom is 0.333 e. The van der Waals surface area contributed by atoms with Gasteiger partial charge in [0.1, 0.15) is 0 Å². The maximum absolute atomic E-state index is 10.9. The molecule has 0 amide bonds. The number of esters is 2. The molecule has 0 aliphatic heterocycles. The molecule has 0 saturated heterocycles. The van der Waals surface area contributed by atoms with Crippen LogP contribution in [-0.4, -0.2) is 36.7 Å². The maximum atomic E-state index is 10.9. The fraction of sp³-hybridized carbons (Fsp3) is 0.263. The molecule has 0 radical (unpaired) electrons. The van der Waals surface area contributed by atoms with Crippen molar-refractivity contribution in [1.82, 2.24) is 0 Å². The number of nitrogens with zero attached hydrogens (tertiary/aromatic N) is 1.